The van der Waals surface area contributed by atoms with Crippen molar-refractivity contribution in [2.45, 2.75) is 51.6 Å². The van der Waals surface area contributed by atoms with E-state index in [9.17, 15) is 9.59 Å². The highest BCUT2D eigenvalue weighted by molar-refractivity contribution is 5.97. The molecule has 1 atom stereocenters. The Kier molecular flexibility index (Phi) is 4.79. The van der Waals surface area contributed by atoms with E-state index in [1.807, 2.05) is 19.1 Å². The molecule has 27 heavy (non-hydrogen) atoms. The van der Waals surface area contributed by atoms with Crippen molar-refractivity contribution in [2.75, 3.05) is 0 Å². The van der Waals surface area contributed by atoms with Gasteiger partial charge in [0.25, 0.3) is 11.5 Å². The van der Waals surface area contributed by atoms with Gasteiger partial charge in [-0.1, -0.05) is 0 Å². The van der Waals surface area contributed by atoms with Crippen LogP contribution in [-0.2, 0) is 19.4 Å². The van der Waals surface area contributed by atoms with Crippen LogP contribution in [0.25, 0.3) is 10.9 Å². The zero-order chi connectivity index (χ0) is 18.8. The quantitative estimate of drug-likeness (QED) is 0.754. The summed E-state index contributed by atoms with van der Waals surface area (Å²) in [5.41, 5.74) is 1.12. The fourth-order valence-electron chi connectivity index (χ4n) is 3.58. The van der Waals surface area contributed by atoms with Crippen LogP contribution >= 0.6 is 0 Å². The van der Waals surface area contributed by atoms with Crippen molar-refractivity contribution in [3.63, 3.8) is 0 Å². The SMILES string of the molecule is C[C@H](CCc1ccco1)NC(=O)c1ccc2c(=O)n3c(nc2c1)CCCC3. The molecule has 3 heterocycles. The fourth-order valence-corrected chi connectivity index (χ4v) is 3.58. The fraction of sp³-hybridized carbons (Fsp3) is 0.381. The summed E-state index contributed by atoms with van der Waals surface area (Å²) in [6.07, 6.45) is 6.09. The predicted octanol–water partition coefficient (Wildman–Crippen LogP) is 3.08. The third-order valence-electron chi connectivity index (χ3n) is 5.11. The molecule has 0 unspecified atom stereocenters. The molecule has 0 spiro atoms. The van der Waals surface area contributed by atoms with E-state index in [2.05, 4.69) is 10.3 Å². The molecule has 0 saturated heterocycles. The Hall–Kier alpha value is -2.89. The summed E-state index contributed by atoms with van der Waals surface area (Å²) in [5.74, 6) is 1.59. The molecule has 4 rings (SSSR count). The largest absolute Gasteiger partial charge is 0.469 e. The van der Waals surface area contributed by atoms with Crippen molar-refractivity contribution < 1.29 is 9.21 Å². The minimum Gasteiger partial charge on any atom is -0.469 e. The highest BCUT2D eigenvalue weighted by Crippen LogP contribution is 2.16. The van der Waals surface area contributed by atoms with Crippen LogP contribution in [0.1, 0.15) is 48.1 Å². The first kappa shape index (κ1) is 17.5. The molecule has 0 radical (unpaired) electrons. The highest BCUT2D eigenvalue weighted by Gasteiger charge is 2.16. The lowest BCUT2D eigenvalue weighted by Crippen LogP contribution is -2.33. The van der Waals surface area contributed by atoms with Gasteiger partial charge >= 0.3 is 0 Å². The molecule has 0 aliphatic carbocycles. The molecule has 1 aromatic carbocycles. The Morgan fingerprint density at radius 2 is 2.22 bits per heavy atom. The van der Waals surface area contributed by atoms with Gasteiger partial charge in [0.1, 0.15) is 11.6 Å². The van der Waals surface area contributed by atoms with E-state index < -0.39 is 0 Å². The molecule has 140 valence electrons. The van der Waals surface area contributed by atoms with Gasteiger partial charge in [-0.25, -0.2) is 4.98 Å². The van der Waals surface area contributed by atoms with Crippen LogP contribution in [0.4, 0.5) is 0 Å². The van der Waals surface area contributed by atoms with E-state index in [4.69, 9.17) is 4.42 Å². The van der Waals surface area contributed by atoms with Crippen molar-refractivity contribution in [1.82, 2.24) is 14.9 Å². The molecule has 0 saturated carbocycles. The second kappa shape index (κ2) is 7.39. The number of benzene rings is 1. The van der Waals surface area contributed by atoms with E-state index in [0.29, 0.717) is 16.5 Å². The maximum Gasteiger partial charge on any atom is 0.261 e. The van der Waals surface area contributed by atoms with E-state index in [1.54, 1.807) is 29.0 Å². The van der Waals surface area contributed by atoms with Crippen LogP contribution in [0.3, 0.4) is 0 Å². The number of furan rings is 1. The first-order chi connectivity index (χ1) is 13.1. The van der Waals surface area contributed by atoms with Gasteiger partial charge in [0.15, 0.2) is 0 Å². The minimum atomic E-state index is -0.150. The van der Waals surface area contributed by atoms with Gasteiger partial charge in [0, 0.05) is 31.0 Å². The van der Waals surface area contributed by atoms with Crippen molar-refractivity contribution >= 4 is 16.8 Å². The second-order valence-corrected chi connectivity index (χ2v) is 7.17. The molecule has 2 aromatic heterocycles. The van der Waals surface area contributed by atoms with Crippen LogP contribution in [0.15, 0.2) is 45.8 Å². The van der Waals surface area contributed by atoms with Crippen LogP contribution < -0.4 is 10.9 Å². The topological polar surface area (TPSA) is 77.1 Å². The van der Waals surface area contributed by atoms with Crippen LogP contribution in [0.5, 0.6) is 0 Å². The number of fused-ring (bicyclic) bond motifs is 2. The standard InChI is InChI=1S/C21H23N3O3/c1-14(7-9-16-5-4-12-27-16)22-20(25)15-8-10-17-18(13-15)23-19-6-2-3-11-24(19)21(17)26/h4-5,8,10,12-14H,2-3,6-7,9,11H2,1H3,(H,22,25)/t14-/m1/s1. The lowest BCUT2D eigenvalue weighted by atomic mass is 10.1. The van der Waals surface area contributed by atoms with Gasteiger partial charge < -0.3 is 9.73 Å². The molecule has 1 N–H and O–H groups in total. The summed E-state index contributed by atoms with van der Waals surface area (Å²) in [4.78, 5) is 29.9. The Bertz CT molecular complexity index is 1020. The Balaban J connectivity index is 1.51. The van der Waals surface area contributed by atoms with Gasteiger partial charge in [-0.3, -0.25) is 14.2 Å². The van der Waals surface area contributed by atoms with Gasteiger partial charge in [-0.15, -0.1) is 0 Å². The second-order valence-electron chi connectivity index (χ2n) is 7.17. The number of aromatic nitrogens is 2. The number of hydrogen-bond acceptors (Lipinski definition) is 4. The molecule has 1 amide bonds. The average Bonchev–Trinajstić information content (AvgIpc) is 3.20. The number of carbonyl (C=O) groups is 1. The summed E-state index contributed by atoms with van der Waals surface area (Å²) < 4.78 is 7.09. The number of nitrogens with one attached hydrogen (secondary N) is 1. The third-order valence-corrected chi connectivity index (χ3v) is 5.11. The van der Waals surface area contributed by atoms with Crippen LogP contribution in [0, 0.1) is 0 Å². The molecule has 6 heteroatoms. The molecular weight excluding hydrogens is 342 g/mol. The van der Waals surface area contributed by atoms with Crippen molar-refractivity contribution in [3.05, 3.63) is 64.1 Å². The highest BCUT2D eigenvalue weighted by atomic mass is 16.3. The molecule has 1 aliphatic heterocycles. The number of carbonyl (C=O) groups excluding carboxylic acids is 1. The normalized spacial score (nSPS) is 14.7. The molecule has 6 nitrogen and oxygen atoms in total. The first-order valence-corrected chi connectivity index (χ1v) is 9.48. The van der Waals surface area contributed by atoms with E-state index in [-0.39, 0.29) is 17.5 Å². The van der Waals surface area contributed by atoms with Gasteiger partial charge in [0.2, 0.25) is 0 Å². The number of rotatable bonds is 5. The zero-order valence-corrected chi connectivity index (χ0v) is 15.4. The van der Waals surface area contributed by atoms with Gasteiger partial charge in [-0.2, -0.15) is 0 Å². The Labute approximate surface area is 157 Å². The summed E-state index contributed by atoms with van der Waals surface area (Å²) >= 11 is 0. The summed E-state index contributed by atoms with van der Waals surface area (Å²) in [6, 6.07) is 8.95. The lowest BCUT2D eigenvalue weighted by molar-refractivity contribution is 0.0938. The smallest absolute Gasteiger partial charge is 0.261 e. The molecule has 0 bridgehead atoms. The lowest BCUT2D eigenvalue weighted by Gasteiger charge is -2.18. The van der Waals surface area contributed by atoms with Crippen molar-refractivity contribution in [1.29, 1.82) is 0 Å². The van der Waals surface area contributed by atoms with Crippen molar-refractivity contribution in [2.24, 2.45) is 0 Å². The van der Waals surface area contributed by atoms with Gasteiger partial charge in [0.05, 0.1) is 17.2 Å². The minimum absolute atomic E-state index is 0.00604. The molecule has 1 aliphatic rings. The van der Waals surface area contributed by atoms with E-state index >= 15 is 0 Å². The van der Waals surface area contributed by atoms with Gasteiger partial charge in [-0.05, 0) is 56.5 Å². The maximum atomic E-state index is 12.6. The Morgan fingerprint density at radius 1 is 1.33 bits per heavy atom. The molecule has 0 fully saturated rings. The third kappa shape index (κ3) is 3.65. The average molecular weight is 365 g/mol. The van der Waals surface area contributed by atoms with E-state index in [1.165, 1.54) is 0 Å². The molecule has 3 aromatic rings. The van der Waals surface area contributed by atoms with Crippen LogP contribution in [0.2, 0.25) is 0 Å². The summed E-state index contributed by atoms with van der Waals surface area (Å²) in [7, 11) is 0. The number of aryl methyl sites for hydroxylation is 2. The predicted molar refractivity (Wildman–Crippen MR) is 103 cm³/mol. The first-order valence-electron chi connectivity index (χ1n) is 9.48. The van der Waals surface area contributed by atoms with Crippen molar-refractivity contribution in [3.8, 4) is 0 Å². The van der Waals surface area contributed by atoms with E-state index in [0.717, 1.165) is 50.2 Å². The zero-order valence-electron chi connectivity index (χ0n) is 15.4. The maximum absolute atomic E-state index is 12.6. The van der Waals surface area contributed by atoms with Crippen LogP contribution in [-0.4, -0.2) is 21.5 Å². The number of nitrogens with zero attached hydrogens (tertiary/aromatic N) is 2. The summed E-state index contributed by atoms with van der Waals surface area (Å²) in [5, 5.41) is 3.58. The Morgan fingerprint density at radius 3 is 3.04 bits per heavy atom. The monoisotopic (exact) mass is 365 g/mol. The number of hydrogen-bond donors (Lipinski definition) is 1. The summed E-state index contributed by atoms with van der Waals surface area (Å²) in [6.45, 7) is 2.70. The molecular formula is C21H23N3O3. The number of amides is 1.